The van der Waals surface area contributed by atoms with Crippen LogP contribution in [0.2, 0.25) is 0 Å². The first kappa shape index (κ1) is 20.9. The molecule has 0 saturated carbocycles. The second-order valence-electron chi connectivity index (χ2n) is 8.53. The SMILES string of the molecule is CCCCc1nc(N2CCN(C(=O)C(C)Cl)CC2)c2c3c(sc2n1)CC(C)CC3. The molecule has 2 aromatic heterocycles. The minimum atomic E-state index is -0.459. The van der Waals surface area contributed by atoms with E-state index in [4.69, 9.17) is 21.6 Å². The summed E-state index contributed by atoms with van der Waals surface area (Å²) in [5.41, 5.74) is 1.48. The number of carbonyl (C=O) groups is 1. The number of thiophene rings is 1. The van der Waals surface area contributed by atoms with Crippen molar-refractivity contribution in [3.63, 3.8) is 0 Å². The van der Waals surface area contributed by atoms with Crippen LogP contribution >= 0.6 is 22.9 Å². The Balaban J connectivity index is 1.67. The monoisotopic (exact) mass is 434 g/mol. The van der Waals surface area contributed by atoms with Gasteiger partial charge in [-0.25, -0.2) is 9.97 Å². The van der Waals surface area contributed by atoms with Crippen LogP contribution in [0, 0.1) is 5.92 Å². The van der Waals surface area contributed by atoms with Gasteiger partial charge in [0.2, 0.25) is 5.91 Å². The molecule has 0 N–H and O–H groups in total. The number of amides is 1. The third-order valence-electron chi connectivity index (χ3n) is 6.17. The van der Waals surface area contributed by atoms with Gasteiger partial charge in [-0.2, -0.15) is 0 Å². The van der Waals surface area contributed by atoms with Gasteiger partial charge in [-0.15, -0.1) is 22.9 Å². The number of fused-ring (bicyclic) bond motifs is 3. The highest BCUT2D eigenvalue weighted by molar-refractivity contribution is 7.19. The fourth-order valence-electron chi connectivity index (χ4n) is 4.43. The van der Waals surface area contributed by atoms with Crippen molar-refractivity contribution >= 4 is 44.9 Å². The first-order chi connectivity index (χ1) is 14.0. The fraction of sp³-hybridized carbons (Fsp3) is 0.682. The van der Waals surface area contributed by atoms with Crippen LogP contribution in [0.1, 0.15) is 56.3 Å². The largest absolute Gasteiger partial charge is 0.352 e. The zero-order chi connectivity index (χ0) is 20.5. The van der Waals surface area contributed by atoms with Gasteiger partial charge in [0, 0.05) is 37.5 Å². The third-order valence-corrected chi connectivity index (χ3v) is 7.50. The number of anilines is 1. The number of carbonyl (C=O) groups excluding carboxylic acids is 1. The summed E-state index contributed by atoms with van der Waals surface area (Å²) < 4.78 is 0. The number of aromatic nitrogens is 2. The van der Waals surface area contributed by atoms with Crippen molar-refractivity contribution in [3.8, 4) is 0 Å². The molecule has 1 fully saturated rings. The average Bonchev–Trinajstić information content (AvgIpc) is 3.08. The summed E-state index contributed by atoms with van der Waals surface area (Å²) in [6.45, 7) is 9.32. The Hall–Kier alpha value is -1.40. The quantitative estimate of drug-likeness (QED) is 0.653. The Morgan fingerprint density at radius 2 is 2.03 bits per heavy atom. The molecule has 2 unspecified atom stereocenters. The van der Waals surface area contributed by atoms with Crippen molar-refractivity contribution in [2.45, 2.75) is 64.7 Å². The highest BCUT2D eigenvalue weighted by atomic mass is 35.5. The maximum absolute atomic E-state index is 12.3. The molecule has 5 nitrogen and oxygen atoms in total. The molecule has 3 heterocycles. The summed E-state index contributed by atoms with van der Waals surface area (Å²) in [5, 5.41) is 0.821. The van der Waals surface area contributed by atoms with Gasteiger partial charge in [-0.05, 0) is 44.1 Å². The third kappa shape index (κ3) is 4.24. The lowest BCUT2D eigenvalue weighted by Gasteiger charge is -2.36. The topological polar surface area (TPSA) is 49.3 Å². The number of piperazine rings is 1. The van der Waals surface area contributed by atoms with E-state index in [2.05, 4.69) is 18.7 Å². The Morgan fingerprint density at radius 3 is 2.72 bits per heavy atom. The van der Waals surface area contributed by atoms with Crippen molar-refractivity contribution < 1.29 is 4.79 Å². The maximum atomic E-state index is 12.3. The second kappa shape index (κ2) is 8.76. The molecule has 1 aliphatic heterocycles. The Kier molecular flexibility index (Phi) is 6.30. The molecular weight excluding hydrogens is 404 g/mol. The van der Waals surface area contributed by atoms with E-state index < -0.39 is 5.38 Å². The summed E-state index contributed by atoms with van der Waals surface area (Å²) in [5.74, 6) is 2.84. The van der Waals surface area contributed by atoms with E-state index in [0.29, 0.717) is 13.1 Å². The van der Waals surface area contributed by atoms with Gasteiger partial charge in [0.05, 0.1) is 5.39 Å². The number of unbranched alkanes of at least 4 members (excludes halogenated alkanes) is 1. The molecule has 0 spiro atoms. The predicted octanol–water partition coefficient (Wildman–Crippen LogP) is 4.43. The van der Waals surface area contributed by atoms with E-state index >= 15 is 0 Å². The van der Waals surface area contributed by atoms with Crippen molar-refractivity contribution in [2.24, 2.45) is 5.92 Å². The van der Waals surface area contributed by atoms with E-state index in [1.165, 1.54) is 22.2 Å². The van der Waals surface area contributed by atoms with Crippen molar-refractivity contribution in [3.05, 3.63) is 16.3 Å². The number of aryl methyl sites for hydroxylation is 2. The van der Waals surface area contributed by atoms with Gasteiger partial charge in [-0.3, -0.25) is 4.79 Å². The minimum Gasteiger partial charge on any atom is -0.352 e. The molecule has 4 rings (SSSR count). The first-order valence-electron chi connectivity index (χ1n) is 11.0. The molecular formula is C22H31ClN4OS. The van der Waals surface area contributed by atoms with E-state index in [1.54, 1.807) is 6.92 Å². The number of hydrogen-bond acceptors (Lipinski definition) is 5. The molecule has 2 aromatic rings. The lowest BCUT2D eigenvalue weighted by Crippen LogP contribution is -2.50. The normalized spacial score (nSPS) is 20.8. The molecule has 158 valence electrons. The Labute approximate surface area is 182 Å². The number of alkyl halides is 1. The summed E-state index contributed by atoms with van der Waals surface area (Å²) in [4.78, 5) is 29.2. The van der Waals surface area contributed by atoms with Crippen LogP contribution in [0.5, 0.6) is 0 Å². The van der Waals surface area contributed by atoms with Gasteiger partial charge in [0.25, 0.3) is 0 Å². The molecule has 0 bridgehead atoms. The first-order valence-corrected chi connectivity index (χ1v) is 12.2. The highest BCUT2D eigenvalue weighted by Crippen LogP contribution is 2.41. The molecule has 7 heteroatoms. The number of nitrogens with zero attached hydrogens (tertiary/aromatic N) is 4. The smallest absolute Gasteiger partial charge is 0.240 e. The van der Waals surface area contributed by atoms with Crippen LogP contribution in [-0.4, -0.2) is 52.3 Å². The minimum absolute atomic E-state index is 0.0321. The lowest BCUT2D eigenvalue weighted by molar-refractivity contribution is -0.130. The molecule has 1 aliphatic carbocycles. The zero-order valence-corrected chi connectivity index (χ0v) is 19.3. The fourth-order valence-corrected chi connectivity index (χ4v) is 5.97. The van der Waals surface area contributed by atoms with Crippen LogP contribution in [-0.2, 0) is 24.1 Å². The summed E-state index contributed by atoms with van der Waals surface area (Å²) in [6, 6.07) is 0. The average molecular weight is 435 g/mol. The molecule has 0 radical (unpaired) electrons. The van der Waals surface area contributed by atoms with E-state index in [1.807, 2.05) is 16.2 Å². The van der Waals surface area contributed by atoms with Crippen molar-refractivity contribution in [1.82, 2.24) is 14.9 Å². The Bertz CT molecular complexity index is 889. The van der Waals surface area contributed by atoms with Gasteiger partial charge < -0.3 is 9.80 Å². The van der Waals surface area contributed by atoms with Crippen molar-refractivity contribution in [1.29, 1.82) is 0 Å². The van der Waals surface area contributed by atoms with E-state index in [9.17, 15) is 4.79 Å². The highest BCUT2D eigenvalue weighted by Gasteiger charge is 2.29. The van der Waals surface area contributed by atoms with Crippen molar-refractivity contribution in [2.75, 3.05) is 31.1 Å². The molecule has 1 saturated heterocycles. The van der Waals surface area contributed by atoms with Crippen LogP contribution < -0.4 is 4.90 Å². The summed E-state index contributed by atoms with van der Waals surface area (Å²) >= 11 is 7.89. The molecule has 2 atom stereocenters. The van der Waals surface area contributed by atoms with Crippen LogP contribution in [0.15, 0.2) is 0 Å². The summed E-state index contributed by atoms with van der Waals surface area (Å²) in [6.07, 6.45) is 6.72. The zero-order valence-electron chi connectivity index (χ0n) is 17.7. The molecule has 2 aliphatic rings. The molecule has 1 amide bonds. The number of rotatable bonds is 5. The second-order valence-corrected chi connectivity index (χ2v) is 10.3. The molecule has 29 heavy (non-hydrogen) atoms. The summed E-state index contributed by atoms with van der Waals surface area (Å²) in [7, 11) is 0. The number of hydrogen-bond donors (Lipinski definition) is 0. The Morgan fingerprint density at radius 1 is 1.28 bits per heavy atom. The molecule has 0 aromatic carbocycles. The van der Waals surface area contributed by atoms with Crippen LogP contribution in [0.25, 0.3) is 10.2 Å². The standard InChI is InChI=1S/C22H31ClN4OS/c1-4-5-6-18-24-20(26-9-11-27(12-10-26)22(28)15(3)23)19-16-8-7-14(2)13-17(16)29-21(19)25-18/h14-15H,4-13H2,1-3H3. The predicted molar refractivity (Wildman–Crippen MR) is 121 cm³/mol. The maximum Gasteiger partial charge on any atom is 0.240 e. The van der Waals surface area contributed by atoms with E-state index in [0.717, 1.165) is 67.6 Å². The van der Waals surface area contributed by atoms with E-state index in [-0.39, 0.29) is 5.91 Å². The van der Waals surface area contributed by atoms with Gasteiger partial charge >= 0.3 is 0 Å². The lowest BCUT2D eigenvalue weighted by atomic mass is 9.89. The van der Waals surface area contributed by atoms with Gasteiger partial charge in [0.1, 0.15) is 21.8 Å². The van der Waals surface area contributed by atoms with Gasteiger partial charge in [0.15, 0.2) is 0 Å². The van der Waals surface area contributed by atoms with Crippen LogP contribution in [0.3, 0.4) is 0 Å². The van der Waals surface area contributed by atoms with Crippen LogP contribution in [0.4, 0.5) is 5.82 Å². The van der Waals surface area contributed by atoms with Gasteiger partial charge in [-0.1, -0.05) is 20.3 Å². The number of halogens is 1.